The van der Waals surface area contributed by atoms with Gasteiger partial charge in [0.05, 0.1) is 6.61 Å². The van der Waals surface area contributed by atoms with E-state index < -0.39 is 0 Å². The lowest BCUT2D eigenvalue weighted by atomic mass is 10.5. The van der Waals surface area contributed by atoms with Crippen LogP contribution in [0.2, 0.25) is 0 Å². The zero-order valence-corrected chi connectivity index (χ0v) is 8.47. The van der Waals surface area contributed by atoms with E-state index in [4.69, 9.17) is 5.11 Å². The first kappa shape index (κ1) is 10.7. The molecule has 0 aliphatic carbocycles. The molecule has 0 atom stereocenters. The van der Waals surface area contributed by atoms with Gasteiger partial charge in [0, 0.05) is 32.5 Å². The first-order chi connectivity index (χ1) is 6.70. The van der Waals surface area contributed by atoms with Crippen molar-refractivity contribution in [3.05, 3.63) is 22.7 Å². The van der Waals surface area contributed by atoms with Gasteiger partial charge in [0.2, 0.25) is 0 Å². The number of hydrogen-bond acceptors (Lipinski definition) is 4. The molecule has 1 aromatic rings. The highest BCUT2D eigenvalue weighted by molar-refractivity contribution is 5.33. The maximum atomic E-state index is 11.7. The van der Waals surface area contributed by atoms with Crippen LogP contribution in [0.1, 0.15) is 6.92 Å². The van der Waals surface area contributed by atoms with Crippen LogP contribution in [0.5, 0.6) is 0 Å². The lowest BCUT2D eigenvalue weighted by Gasteiger charge is -2.16. The van der Waals surface area contributed by atoms with Crippen LogP contribution in [0.25, 0.3) is 0 Å². The number of likely N-dealkylation sites (N-methyl/N-ethyl adjacent to an activating group) is 1. The second-order valence-corrected chi connectivity index (χ2v) is 2.99. The van der Waals surface area contributed by atoms with Crippen molar-refractivity contribution in [1.82, 2.24) is 9.55 Å². The van der Waals surface area contributed by atoms with E-state index in [-0.39, 0.29) is 12.2 Å². The molecule has 1 N–H and O–H groups in total. The first-order valence-electron chi connectivity index (χ1n) is 4.58. The van der Waals surface area contributed by atoms with Gasteiger partial charge >= 0.3 is 0 Å². The summed E-state index contributed by atoms with van der Waals surface area (Å²) in [5, 5.41) is 8.74. The lowest BCUT2D eigenvalue weighted by Crippen LogP contribution is -2.32. The Bertz CT molecular complexity index is 348. The van der Waals surface area contributed by atoms with E-state index in [9.17, 15) is 4.79 Å². The number of hydrogen-bond donors (Lipinski definition) is 1. The second kappa shape index (κ2) is 4.76. The van der Waals surface area contributed by atoms with Crippen LogP contribution in [0.4, 0.5) is 5.82 Å². The molecular weight excluding hydrogens is 182 g/mol. The summed E-state index contributed by atoms with van der Waals surface area (Å²) < 4.78 is 1.58. The molecule has 0 aliphatic heterocycles. The summed E-state index contributed by atoms with van der Waals surface area (Å²) in [6.45, 7) is 2.95. The third-order valence-corrected chi connectivity index (χ3v) is 2.03. The summed E-state index contributed by atoms with van der Waals surface area (Å²) >= 11 is 0. The second-order valence-electron chi connectivity index (χ2n) is 2.99. The van der Waals surface area contributed by atoms with E-state index in [1.54, 1.807) is 28.9 Å². The molecule has 0 amide bonds. The average Bonchev–Trinajstić information content (AvgIpc) is 2.18. The van der Waals surface area contributed by atoms with Gasteiger partial charge < -0.3 is 14.6 Å². The largest absolute Gasteiger partial charge is 0.395 e. The molecular formula is C9H15N3O2. The molecule has 0 bridgehead atoms. The Labute approximate surface area is 82.6 Å². The molecule has 14 heavy (non-hydrogen) atoms. The van der Waals surface area contributed by atoms with Gasteiger partial charge in [0.1, 0.15) is 0 Å². The Balaban J connectivity index is 3.03. The predicted molar refractivity (Wildman–Crippen MR) is 54.5 cm³/mol. The Morgan fingerprint density at radius 3 is 2.93 bits per heavy atom. The van der Waals surface area contributed by atoms with Crippen LogP contribution >= 0.6 is 0 Å². The fourth-order valence-electron chi connectivity index (χ4n) is 1.20. The number of nitrogens with zero attached hydrogens (tertiary/aromatic N) is 3. The van der Waals surface area contributed by atoms with Crippen LogP contribution in [0, 0.1) is 0 Å². The maximum absolute atomic E-state index is 11.7. The zero-order chi connectivity index (χ0) is 10.6. The van der Waals surface area contributed by atoms with Crippen LogP contribution in [-0.4, -0.2) is 34.9 Å². The van der Waals surface area contributed by atoms with E-state index >= 15 is 0 Å². The van der Waals surface area contributed by atoms with Gasteiger partial charge in [0.25, 0.3) is 5.56 Å². The Kier molecular flexibility index (Phi) is 3.64. The van der Waals surface area contributed by atoms with Gasteiger partial charge in [-0.05, 0) is 6.92 Å². The van der Waals surface area contributed by atoms with Crippen LogP contribution in [-0.2, 0) is 6.54 Å². The number of aromatic nitrogens is 2. The summed E-state index contributed by atoms with van der Waals surface area (Å²) in [7, 11) is 1.74. The number of aliphatic hydroxyl groups is 1. The molecule has 0 radical (unpaired) electrons. The SMILES string of the molecule is CCn1ccnc(N(C)CCO)c1=O. The highest BCUT2D eigenvalue weighted by Crippen LogP contribution is 1.98. The fourth-order valence-corrected chi connectivity index (χ4v) is 1.20. The van der Waals surface area contributed by atoms with E-state index in [0.29, 0.717) is 18.9 Å². The van der Waals surface area contributed by atoms with E-state index in [2.05, 4.69) is 4.98 Å². The molecule has 1 aromatic heterocycles. The molecule has 0 aliphatic rings. The minimum Gasteiger partial charge on any atom is -0.395 e. The molecule has 5 nitrogen and oxygen atoms in total. The minimum atomic E-state index is -0.119. The summed E-state index contributed by atoms with van der Waals surface area (Å²) in [6, 6.07) is 0. The van der Waals surface area contributed by atoms with E-state index in [0.717, 1.165) is 0 Å². The molecule has 0 fully saturated rings. The monoisotopic (exact) mass is 197 g/mol. The van der Waals surface area contributed by atoms with Crippen molar-refractivity contribution in [3.8, 4) is 0 Å². The number of rotatable bonds is 4. The summed E-state index contributed by atoms with van der Waals surface area (Å²) in [4.78, 5) is 17.3. The molecule has 0 spiro atoms. The Morgan fingerprint density at radius 1 is 1.64 bits per heavy atom. The molecule has 0 unspecified atom stereocenters. The summed E-state index contributed by atoms with van der Waals surface area (Å²) in [5.41, 5.74) is -0.119. The van der Waals surface area contributed by atoms with Crippen molar-refractivity contribution in [2.45, 2.75) is 13.5 Å². The zero-order valence-electron chi connectivity index (χ0n) is 8.47. The number of aliphatic hydroxyl groups excluding tert-OH is 1. The van der Waals surface area contributed by atoms with Crippen molar-refractivity contribution < 1.29 is 5.11 Å². The highest BCUT2D eigenvalue weighted by Gasteiger charge is 2.07. The lowest BCUT2D eigenvalue weighted by molar-refractivity contribution is 0.303. The summed E-state index contributed by atoms with van der Waals surface area (Å²) in [5.74, 6) is 0.378. The Morgan fingerprint density at radius 2 is 2.36 bits per heavy atom. The van der Waals surface area contributed by atoms with Gasteiger partial charge in [-0.2, -0.15) is 0 Å². The van der Waals surface area contributed by atoms with Crippen molar-refractivity contribution >= 4 is 5.82 Å². The van der Waals surface area contributed by atoms with Crippen LogP contribution < -0.4 is 10.5 Å². The predicted octanol–water partition coefficient (Wildman–Crippen LogP) is -0.308. The molecule has 1 heterocycles. The topological polar surface area (TPSA) is 58.4 Å². The number of anilines is 1. The average molecular weight is 197 g/mol. The smallest absolute Gasteiger partial charge is 0.293 e. The Hall–Kier alpha value is -1.36. The van der Waals surface area contributed by atoms with Crippen molar-refractivity contribution in [2.75, 3.05) is 25.1 Å². The molecule has 0 saturated heterocycles. The summed E-state index contributed by atoms with van der Waals surface area (Å²) in [6.07, 6.45) is 3.24. The van der Waals surface area contributed by atoms with Crippen LogP contribution in [0.15, 0.2) is 17.2 Å². The quantitative estimate of drug-likeness (QED) is 0.719. The third-order valence-electron chi connectivity index (χ3n) is 2.03. The molecule has 1 rings (SSSR count). The van der Waals surface area contributed by atoms with Crippen molar-refractivity contribution in [1.29, 1.82) is 0 Å². The molecule has 5 heteroatoms. The van der Waals surface area contributed by atoms with E-state index in [1.807, 2.05) is 6.92 Å². The molecule has 78 valence electrons. The fraction of sp³-hybridized carbons (Fsp3) is 0.556. The van der Waals surface area contributed by atoms with Crippen LogP contribution in [0.3, 0.4) is 0 Å². The molecule has 0 aromatic carbocycles. The van der Waals surface area contributed by atoms with Gasteiger partial charge in [0.15, 0.2) is 5.82 Å². The molecule has 0 saturated carbocycles. The normalized spacial score (nSPS) is 10.2. The third kappa shape index (κ3) is 2.11. The van der Waals surface area contributed by atoms with Gasteiger partial charge in [-0.25, -0.2) is 4.98 Å². The van der Waals surface area contributed by atoms with Crippen molar-refractivity contribution in [3.63, 3.8) is 0 Å². The van der Waals surface area contributed by atoms with Crippen molar-refractivity contribution in [2.24, 2.45) is 0 Å². The van der Waals surface area contributed by atoms with Gasteiger partial charge in [-0.3, -0.25) is 4.79 Å². The van der Waals surface area contributed by atoms with Gasteiger partial charge in [-0.15, -0.1) is 0 Å². The first-order valence-corrected chi connectivity index (χ1v) is 4.58. The van der Waals surface area contributed by atoms with Gasteiger partial charge in [-0.1, -0.05) is 0 Å². The highest BCUT2D eigenvalue weighted by atomic mass is 16.3. The standard InChI is InChI=1S/C9H15N3O2/c1-3-12-5-4-10-8(9(12)14)11(2)6-7-13/h4-5,13H,3,6-7H2,1-2H3. The maximum Gasteiger partial charge on any atom is 0.293 e. The minimum absolute atomic E-state index is 0.0125. The number of aryl methyl sites for hydroxylation is 1. The van der Waals surface area contributed by atoms with E-state index in [1.165, 1.54) is 0 Å².